The van der Waals surface area contributed by atoms with Crippen molar-refractivity contribution in [3.8, 4) is 5.88 Å². The Hall–Kier alpha value is -3.06. The average Bonchev–Trinajstić information content (AvgIpc) is 2.77. The summed E-state index contributed by atoms with van der Waals surface area (Å²) < 4.78 is 5.94. The van der Waals surface area contributed by atoms with Gasteiger partial charge in [-0.1, -0.05) is 18.5 Å². The number of aromatic nitrogens is 2. The number of hydrogen-bond acceptors (Lipinski definition) is 6. The predicted molar refractivity (Wildman–Crippen MR) is 121 cm³/mol. The number of nitrogens with zero attached hydrogens (tertiary/aromatic N) is 5. The number of allylic oxidation sites excluding steroid dienone is 1. The van der Waals surface area contributed by atoms with Gasteiger partial charge in [0.25, 0.3) is 5.91 Å². The van der Waals surface area contributed by atoms with Gasteiger partial charge in [-0.2, -0.15) is 0 Å². The van der Waals surface area contributed by atoms with Gasteiger partial charge in [-0.05, 0) is 37.6 Å². The van der Waals surface area contributed by atoms with E-state index in [2.05, 4.69) is 20.0 Å². The highest BCUT2D eigenvalue weighted by molar-refractivity contribution is 6.30. The summed E-state index contributed by atoms with van der Waals surface area (Å²) in [5, 5.41) is 0.543. The summed E-state index contributed by atoms with van der Waals surface area (Å²) in [6.07, 6.45) is 10.2. The first kappa shape index (κ1) is 23.2. The predicted octanol–water partition coefficient (Wildman–Crippen LogP) is 4.08. The number of pyridine rings is 2. The van der Waals surface area contributed by atoms with E-state index in [0.717, 1.165) is 0 Å². The Labute approximate surface area is 182 Å². The lowest BCUT2D eigenvalue weighted by atomic mass is 10.1. The zero-order valence-corrected chi connectivity index (χ0v) is 18.2. The third kappa shape index (κ3) is 7.08. The van der Waals surface area contributed by atoms with Crippen molar-refractivity contribution >= 4 is 29.9 Å². The van der Waals surface area contributed by atoms with Crippen LogP contribution in [0.1, 0.15) is 36.3 Å². The monoisotopic (exact) mass is 427 g/mol. The fraction of sp³-hybridized carbons (Fsp3) is 0.318. The van der Waals surface area contributed by atoms with Crippen molar-refractivity contribution < 1.29 is 9.53 Å². The number of likely N-dealkylation sites (N-methyl/N-ethyl adjacent to an activating group) is 1. The number of hydrogen-bond donors (Lipinski definition) is 0. The van der Waals surface area contributed by atoms with Crippen molar-refractivity contribution in [3.05, 3.63) is 65.2 Å². The minimum Gasteiger partial charge on any atom is -0.472 e. The molecule has 0 saturated heterocycles. The third-order valence-electron chi connectivity index (χ3n) is 4.20. The first-order valence-electron chi connectivity index (χ1n) is 9.72. The van der Waals surface area contributed by atoms with E-state index in [0.29, 0.717) is 41.7 Å². The van der Waals surface area contributed by atoms with E-state index in [1.54, 1.807) is 61.0 Å². The molecule has 0 spiro atoms. The molecule has 2 aromatic heterocycles. The second kappa shape index (κ2) is 12.5. The van der Waals surface area contributed by atoms with E-state index in [4.69, 9.17) is 16.3 Å². The average molecular weight is 428 g/mol. The molecular weight excluding hydrogens is 402 g/mol. The van der Waals surface area contributed by atoms with E-state index in [1.165, 1.54) is 6.20 Å². The summed E-state index contributed by atoms with van der Waals surface area (Å²) in [6.45, 7) is 4.86. The molecule has 1 amide bonds. The van der Waals surface area contributed by atoms with Crippen LogP contribution in [0.3, 0.4) is 0 Å². The van der Waals surface area contributed by atoms with Crippen LogP contribution in [0.15, 0.2) is 58.9 Å². The lowest BCUT2D eigenvalue weighted by Gasteiger charge is -2.26. The van der Waals surface area contributed by atoms with Gasteiger partial charge >= 0.3 is 0 Å². The van der Waals surface area contributed by atoms with Crippen molar-refractivity contribution in [3.63, 3.8) is 0 Å². The second-order valence-corrected chi connectivity index (χ2v) is 6.71. The van der Waals surface area contributed by atoms with Gasteiger partial charge in [-0.15, -0.1) is 0 Å². The Kier molecular flexibility index (Phi) is 9.67. The van der Waals surface area contributed by atoms with Crippen molar-refractivity contribution in [2.24, 2.45) is 9.98 Å². The molecule has 0 fully saturated rings. The van der Waals surface area contributed by atoms with E-state index >= 15 is 0 Å². The van der Waals surface area contributed by atoms with Crippen molar-refractivity contribution in [2.75, 3.05) is 20.1 Å². The fourth-order valence-electron chi connectivity index (χ4n) is 2.60. The highest BCUT2D eigenvalue weighted by Gasteiger charge is 2.22. The van der Waals surface area contributed by atoms with Gasteiger partial charge in [0.05, 0.1) is 11.6 Å². The van der Waals surface area contributed by atoms with Crippen LogP contribution in [0.2, 0.25) is 5.02 Å². The smallest absolute Gasteiger partial charge is 0.273 e. The fourth-order valence-corrected chi connectivity index (χ4v) is 2.71. The highest BCUT2D eigenvalue weighted by atomic mass is 35.5. The van der Waals surface area contributed by atoms with Crippen molar-refractivity contribution in [1.29, 1.82) is 0 Å². The van der Waals surface area contributed by atoms with E-state index in [9.17, 15) is 4.79 Å². The quantitative estimate of drug-likeness (QED) is 0.535. The molecular formula is C22H26ClN5O2. The Morgan fingerprint density at radius 1 is 1.30 bits per heavy atom. The molecule has 2 aromatic rings. The number of halogens is 1. The van der Waals surface area contributed by atoms with Gasteiger partial charge in [0.15, 0.2) is 0 Å². The summed E-state index contributed by atoms with van der Waals surface area (Å²) >= 11 is 5.88. The van der Waals surface area contributed by atoms with Crippen LogP contribution < -0.4 is 4.74 Å². The summed E-state index contributed by atoms with van der Waals surface area (Å²) in [5.74, 6) is 0.299. The molecule has 0 radical (unpaired) electrons. The number of amides is 1. The zero-order chi connectivity index (χ0) is 21.8. The second-order valence-electron chi connectivity index (χ2n) is 6.27. The first-order valence-corrected chi connectivity index (χ1v) is 10.1. The van der Waals surface area contributed by atoms with Gasteiger partial charge in [-0.3, -0.25) is 19.8 Å². The van der Waals surface area contributed by atoms with Crippen LogP contribution >= 0.6 is 11.6 Å². The summed E-state index contributed by atoms with van der Waals surface area (Å²) in [7, 11) is 1.68. The molecule has 2 heterocycles. The largest absolute Gasteiger partial charge is 0.472 e. The number of rotatable bonds is 10. The molecule has 8 heteroatoms. The Bertz CT molecular complexity index is 897. The molecule has 0 bridgehead atoms. The minimum atomic E-state index is -0.209. The van der Waals surface area contributed by atoms with E-state index in [-0.39, 0.29) is 12.0 Å². The summed E-state index contributed by atoms with van der Waals surface area (Å²) in [5.41, 5.74) is 0.993. The van der Waals surface area contributed by atoms with Gasteiger partial charge in [0.2, 0.25) is 5.88 Å². The van der Waals surface area contributed by atoms with Crippen LogP contribution in [0, 0.1) is 0 Å². The van der Waals surface area contributed by atoms with Crippen LogP contribution in [-0.2, 0) is 0 Å². The molecule has 0 aromatic carbocycles. The number of carbonyl (C=O) groups excluding carboxylic acids is 1. The lowest BCUT2D eigenvalue weighted by molar-refractivity contribution is 0.0654. The van der Waals surface area contributed by atoms with Gasteiger partial charge in [-0.25, -0.2) is 4.98 Å². The first-order chi connectivity index (χ1) is 14.6. The van der Waals surface area contributed by atoms with E-state index in [1.807, 2.05) is 19.9 Å². The molecule has 30 heavy (non-hydrogen) atoms. The summed E-state index contributed by atoms with van der Waals surface area (Å²) in [6, 6.07) is 7.02. The number of carbonyl (C=O) groups is 1. The Morgan fingerprint density at radius 2 is 2.13 bits per heavy atom. The maximum absolute atomic E-state index is 13.2. The van der Waals surface area contributed by atoms with Crippen LogP contribution in [0.4, 0.5) is 0 Å². The lowest BCUT2D eigenvalue weighted by Crippen LogP contribution is -2.40. The minimum absolute atomic E-state index is 0.176. The summed E-state index contributed by atoms with van der Waals surface area (Å²) in [4.78, 5) is 31.4. The molecule has 0 N–H and O–H groups in total. The maximum atomic E-state index is 13.2. The SMILES string of the molecule is CC[C@H](CN(CC)C(=O)c1ncccc1/C=N/C=C\C=N/C)Oc1ccc(Cl)cn1. The van der Waals surface area contributed by atoms with Crippen molar-refractivity contribution in [1.82, 2.24) is 14.9 Å². The molecule has 0 aliphatic heterocycles. The molecule has 7 nitrogen and oxygen atoms in total. The Balaban J connectivity index is 2.13. The molecule has 0 aliphatic carbocycles. The highest BCUT2D eigenvalue weighted by Crippen LogP contribution is 2.15. The van der Waals surface area contributed by atoms with Crippen LogP contribution in [0.25, 0.3) is 0 Å². The van der Waals surface area contributed by atoms with Gasteiger partial charge in [0.1, 0.15) is 11.8 Å². The number of ether oxygens (including phenoxy) is 1. The molecule has 1 atom stereocenters. The van der Waals surface area contributed by atoms with E-state index < -0.39 is 0 Å². The molecule has 158 valence electrons. The van der Waals surface area contributed by atoms with Crippen LogP contribution in [0.5, 0.6) is 5.88 Å². The molecule has 0 aliphatic rings. The normalized spacial score (nSPS) is 12.7. The Morgan fingerprint density at radius 3 is 2.80 bits per heavy atom. The topological polar surface area (TPSA) is 80.0 Å². The van der Waals surface area contributed by atoms with Crippen LogP contribution in [-0.4, -0.2) is 59.4 Å². The van der Waals surface area contributed by atoms with Gasteiger partial charge < -0.3 is 9.64 Å². The van der Waals surface area contributed by atoms with Crippen molar-refractivity contribution in [2.45, 2.75) is 26.4 Å². The number of aliphatic imine (C=N–C) groups is 2. The van der Waals surface area contributed by atoms with Gasteiger partial charge in [0, 0.05) is 56.2 Å². The molecule has 0 saturated carbocycles. The zero-order valence-electron chi connectivity index (χ0n) is 17.4. The molecule has 0 unspecified atom stereocenters. The molecule has 2 rings (SSSR count). The standard InChI is InChI=1S/C22H26ClN5O2/c1-4-19(30-20-10-9-18(23)15-27-20)16-28(5-2)22(29)21-17(8-6-13-26-21)14-25-12-7-11-24-3/h6-15,19H,4-5,16H2,1-3H3/b12-7-,24-11-,25-14+/t19-/m1/s1. The third-order valence-corrected chi connectivity index (χ3v) is 4.42. The maximum Gasteiger partial charge on any atom is 0.273 e.